The number of ether oxygens (including phenoxy) is 2. The zero-order valence-corrected chi connectivity index (χ0v) is 15.2. The van der Waals surface area contributed by atoms with Gasteiger partial charge in [0.25, 0.3) is 5.91 Å². The number of nitrogens with zero attached hydrogens (tertiary/aromatic N) is 1. The molecule has 0 fully saturated rings. The van der Waals surface area contributed by atoms with Crippen LogP contribution in [0.2, 0.25) is 0 Å². The van der Waals surface area contributed by atoms with E-state index in [1.807, 2.05) is 0 Å². The lowest BCUT2D eigenvalue weighted by Gasteiger charge is -2.14. The number of rotatable bonds is 5. The summed E-state index contributed by atoms with van der Waals surface area (Å²) in [5.41, 5.74) is 2.05. The summed E-state index contributed by atoms with van der Waals surface area (Å²) in [7, 11) is 2.98. The summed E-state index contributed by atoms with van der Waals surface area (Å²) in [4.78, 5) is 12.6. The van der Waals surface area contributed by atoms with Gasteiger partial charge >= 0.3 is 6.18 Å². The first-order chi connectivity index (χ1) is 12.1. The van der Waals surface area contributed by atoms with Crippen molar-refractivity contribution in [1.29, 1.82) is 0 Å². The van der Waals surface area contributed by atoms with E-state index in [2.05, 4.69) is 5.32 Å². The summed E-state index contributed by atoms with van der Waals surface area (Å²) in [6.45, 7) is 3.68. The minimum Gasteiger partial charge on any atom is -0.493 e. The number of aromatic nitrogens is 1. The molecule has 1 aromatic heterocycles. The molecule has 0 bridgehead atoms. The second-order valence-electron chi connectivity index (χ2n) is 5.96. The molecule has 142 valence electrons. The highest BCUT2D eigenvalue weighted by Gasteiger charge is 2.30. The van der Waals surface area contributed by atoms with Crippen molar-refractivity contribution in [3.63, 3.8) is 0 Å². The fraction of sp³-hybridized carbons (Fsp3) is 0.389. The maximum Gasteiger partial charge on any atom is 0.406 e. The molecule has 2 aromatic rings. The number of anilines is 1. The lowest BCUT2D eigenvalue weighted by molar-refractivity contribution is -0.141. The lowest BCUT2D eigenvalue weighted by atomic mass is 10.1. The predicted molar refractivity (Wildman–Crippen MR) is 92.2 cm³/mol. The van der Waals surface area contributed by atoms with Gasteiger partial charge in [0.2, 0.25) is 0 Å². The van der Waals surface area contributed by atoms with Crippen molar-refractivity contribution in [3.05, 3.63) is 40.7 Å². The molecule has 1 amide bonds. The van der Waals surface area contributed by atoms with Gasteiger partial charge in [-0.25, -0.2) is 0 Å². The Morgan fingerprint density at radius 2 is 1.65 bits per heavy atom. The van der Waals surface area contributed by atoms with Gasteiger partial charge in [-0.2, -0.15) is 13.2 Å². The first-order valence-electron chi connectivity index (χ1n) is 7.84. The van der Waals surface area contributed by atoms with Crippen LogP contribution in [0.5, 0.6) is 11.5 Å². The Morgan fingerprint density at radius 3 is 2.19 bits per heavy atom. The molecule has 5 nitrogen and oxygen atoms in total. The first-order valence-corrected chi connectivity index (χ1v) is 7.84. The Balaban J connectivity index is 2.33. The van der Waals surface area contributed by atoms with Crippen LogP contribution in [0.4, 0.5) is 18.9 Å². The van der Waals surface area contributed by atoms with E-state index in [1.165, 1.54) is 34.1 Å². The maximum absolute atomic E-state index is 12.7. The molecular formula is C18H21F3N2O3. The standard InChI is InChI=1S/C18H21F3N2O3/c1-10-6-15(25-4)16(26-5)8-14(10)22-17(24)13-7-11(2)23(12(13)3)9-18(19,20)21/h6-8H,9H2,1-5H3,(H,22,24). The topological polar surface area (TPSA) is 52.5 Å². The largest absolute Gasteiger partial charge is 0.493 e. The molecule has 0 saturated carbocycles. The number of carbonyl (C=O) groups excluding carboxylic acids is 1. The van der Waals surface area contributed by atoms with Gasteiger partial charge in [0.15, 0.2) is 11.5 Å². The quantitative estimate of drug-likeness (QED) is 0.856. The van der Waals surface area contributed by atoms with Crippen molar-refractivity contribution >= 4 is 11.6 Å². The zero-order valence-electron chi connectivity index (χ0n) is 15.2. The molecule has 26 heavy (non-hydrogen) atoms. The van der Waals surface area contributed by atoms with Gasteiger partial charge in [-0.05, 0) is 38.5 Å². The van der Waals surface area contributed by atoms with Crippen molar-refractivity contribution in [2.75, 3.05) is 19.5 Å². The van der Waals surface area contributed by atoms with E-state index in [4.69, 9.17) is 9.47 Å². The van der Waals surface area contributed by atoms with Crippen LogP contribution in [0.3, 0.4) is 0 Å². The third kappa shape index (κ3) is 4.12. The van der Waals surface area contributed by atoms with Crippen molar-refractivity contribution in [2.24, 2.45) is 0 Å². The number of amides is 1. The molecule has 0 radical (unpaired) electrons. The summed E-state index contributed by atoms with van der Waals surface area (Å²) in [5, 5.41) is 2.73. The normalized spacial score (nSPS) is 11.4. The van der Waals surface area contributed by atoms with E-state index < -0.39 is 18.6 Å². The molecule has 2 rings (SSSR count). The van der Waals surface area contributed by atoms with Crippen LogP contribution in [0.1, 0.15) is 27.3 Å². The molecular weight excluding hydrogens is 349 g/mol. The van der Waals surface area contributed by atoms with Crippen LogP contribution in [-0.2, 0) is 6.54 Å². The van der Waals surface area contributed by atoms with Crippen LogP contribution >= 0.6 is 0 Å². The predicted octanol–water partition coefficient (Wildman–Crippen LogP) is 4.25. The van der Waals surface area contributed by atoms with Crippen LogP contribution < -0.4 is 14.8 Å². The molecule has 0 aliphatic rings. The minimum atomic E-state index is -4.36. The molecule has 1 aromatic carbocycles. The summed E-state index contributed by atoms with van der Waals surface area (Å²) in [5.74, 6) is 0.476. The summed E-state index contributed by atoms with van der Waals surface area (Å²) in [6, 6.07) is 4.77. The molecule has 0 aliphatic heterocycles. The number of hydrogen-bond acceptors (Lipinski definition) is 3. The van der Waals surface area contributed by atoms with Crippen LogP contribution in [-0.4, -0.2) is 30.9 Å². The van der Waals surface area contributed by atoms with Crippen LogP contribution in [0.15, 0.2) is 18.2 Å². The molecule has 8 heteroatoms. The fourth-order valence-electron chi connectivity index (χ4n) is 2.76. The minimum absolute atomic E-state index is 0.195. The number of alkyl halides is 3. The molecule has 1 heterocycles. The fourth-order valence-corrected chi connectivity index (χ4v) is 2.76. The third-order valence-corrected chi connectivity index (χ3v) is 4.13. The van der Waals surface area contributed by atoms with Crippen molar-refractivity contribution < 1.29 is 27.4 Å². The van der Waals surface area contributed by atoms with Crippen molar-refractivity contribution in [3.8, 4) is 11.5 Å². The molecule has 0 saturated heterocycles. The average molecular weight is 370 g/mol. The molecule has 0 spiro atoms. The second kappa shape index (κ2) is 7.31. The highest BCUT2D eigenvalue weighted by atomic mass is 19.4. The SMILES string of the molecule is COc1cc(C)c(NC(=O)c2cc(C)n(CC(F)(F)F)c2C)cc1OC. The average Bonchev–Trinajstić information content (AvgIpc) is 2.83. The molecule has 1 N–H and O–H groups in total. The monoisotopic (exact) mass is 370 g/mol. The number of halogens is 3. The highest BCUT2D eigenvalue weighted by molar-refractivity contribution is 6.05. The highest BCUT2D eigenvalue weighted by Crippen LogP contribution is 2.33. The maximum atomic E-state index is 12.7. The van der Waals surface area contributed by atoms with Gasteiger partial charge in [-0.3, -0.25) is 4.79 Å². The molecule has 0 atom stereocenters. The second-order valence-corrected chi connectivity index (χ2v) is 5.96. The van der Waals surface area contributed by atoms with Gasteiger partial charge in [0.05, 0.1) is 19.8 Å². The first kappa shape index (κ1) is 19.7. The van der Waals surface area contributed by atoms with Gasteiger partial charge in [0, 0.05) is 23.1 Å². The van der Waals surface area contributed by atoms with Gasteiger partial charge in [-0.15, -0.1) is 0 Å². The van der Waals surface area contributed by atoms with Crippen molar-refractivity contribution in [1.82, 2.24) is 4.57 Å². The Labute approximate surface area is 149 Å². The molecule has 0 unspecified atom stereocenters. The number of aryl methyl sites for hydroxylation is 2. The van der Waals surface area contributed by atoms with Crippen LogP contribution in [0, 0.1) is 20.8 Å². The summed E-state index contributed by atoms with van der Waals surface area (Å²) in [6.07, 6.45) is -4.36. The number of methoxy groups -OCH3 is 2. The number of nitrogens with one attached hydrogen (secondary N) is 1. The summed E-state index contributed by atoms with van der Waals surface area (Å²) < 4.78 is 49.7. The van der Waals surface area contributed by atoms with E-state index in [-0.39, 0.29) is 11.3 Å². The van der Waals surface area contributed by atoms with Gasteiger partial charge in [0.1, 0.15) is 6.54 Å². The van der Waals surface area contributed by atoms with E-state index in [9.17, 15) is 18.0 Å². The summed E-state index contributed by atoms with van der Waals surface area (Å²) >= 11 is 0. The Bertz CT molecular complexity index is 826. The van der Waals surface area contributed by atoms with E-state index in [0.29, 0.717) is 22.9 Å². The number of hydrogen-bond donors (Lipinski definition) is 1. The van der Waals surface area contributed by atoms with E-state index in [1.54, 1.807) is 19.1 Å². The van der Waals surface area contributed by atoms with E-state index >= 15 is 0 Å². The lowest BCUT2D eigenvalue weighted by Crippen LogP contribution is -2.20. The van der Waals surface area contributed by atoms with E-state index in [0.717, 1.165) is 10.1 Å². The Morgan fingerprint density at radius 1 is 1.08 bits per heavy atom. The number of carbonyl (C=O) groups is 1. The van der Waals surface area contributed by atoms with Gasteiger partial charge in [-0.1, -0.05) is 0 Å². The molecule has 0 aliphatic carbocycles. The van der Waals surface area contributed by atoms with Gasteiger partial charge < -0.3 is 19.4 Å². The number of benzene rings is 1. The smallest absolute Gasteiger partial charge is 0.406 e. The van der Waals surface area contributed by atoms with Crippen LogP contribution in [0.25, 0.3) is 0 Å². The third-order valence-electron chi connectivity index (χ3n) is 4.13. The van der Waals surface area contributed by atoms with Crippen molar-refractivity contribution in [2.45, 2.75) is 33.5 Å². The Kier molecular flexibility index (Phi) is 5.53. The zero-order chi connectivity index (χ0) is 19.6. The Hall–Kier alpha value is -2.64.